The highest BCUT2D eigenvalue weighted by molar-refractivity contribution is 5.89. The zero-order valence-corrected chi connectivity index (χ0v) is 13.0. The molecule has 116 valence electrons. The van der Waals surface area contributed by atoms with Crippen molar-refractivity contribution in [2.45, 2.75) is 45.3 Å². The second kappa shape index (κ2) is 6.80. The molecule has 1 aromatic rings. The molecule has 1 fully saturated rings. The van der Waals surface area contributed by atoms with Gasteiger partial charge in [0.2, 0.25) is 0 Å². The van der Waals surface area contributed by atoms with E-state index in [2.05, 4.69) is 16.0 Å². The third-order valence-electron chi connectivity index (χ3n) is 3.26. The molecule has 0 aliphatic carbocycles. The van der Waals surface area contributed by atoms with Crippen molar-refractivity contribution in [1.29, 1.82) is 0 Å². The first-order chi connectivity index (χ1) is 9.94. The summed E-state index contributed by atoms with van der Waals surface area (Å²) in [6.45, 7) is 7.49. The normalized spacial score (nSPS) is 18.3. The van der Waals surface area contributed by atoms with E-state index in [0.29, 0.717) is 6.04 Å². The molecule has 0 radical (unpaired) electrons. The van der Waals surface area contributed by atoms with Crippen molar-refractivity contribution in [3.8, 4) is 0 Å². The van der Waals surface area contributed by atoms with Crippen LogP contribution in [0.25, 0.3) is 0 Å². The van der Waals surface area contributed by atoms with Gasteiger partial charge in [0.15, 0.2) is 0 Å². The summed E-state index contributed by atoms with van der Waals surface area (Å²) >= 11 is 0. The molecule has 1 aliphatic rings. The van der Waals surface area contributed by atoms with Crippen molar-refractivity contribution in [3.05, 3.63) is 24.3 Å². The summed E-state index contributed by atoms with van der Waals surface area (Å²) in [5.74, 6) is 0. The fourth-order valence-electron chi connectivity index (χ4n) is 2.32. The van der Waals surface area contributed by atoms with Crippen molar-refractivity contribution >= 4 is 17.5 Å². The van der Waals surface area contributed by atoms with Crippen LogP contribution in [0.4, 0.5) is 16.2 Å². The van der Waals surface area contributed by atoms with Gasteiger partial charge in [0.1, 0.15) is 5.60 Å². The molecule has 5 heteroatoms. The van der Waals surface area contributed by atoms with Crippen LogP contribution in [0.2, 0.25) is 0 Å². The molecule has 1 unspecified atom stereocenters. The van der Waals surface area contributed by atoms with E-state index in [0.717, 1.165) is 24.5 Å². The van der Waals surface area contributed by atoms with Crippen molar-refractivity contribution in [2.75, 3.05) is 23.7 Å². The maximum absolute atomic E-state index is 11.9. The minimum Gasteiger partial charge on any atom is -0.444 e. The number of carbonyl (C=O) groups excluding carboxylic acids is 1. The lowest BCUT2D eigenvalue weighted by molar-refractivity contribution is 0.0636. The average molecular weight is 291 g/mol. The van der Waals surface area contributed by atoms with Gasteiger partial charge in [-0.25, -0.2) is 4.79 Å². The molecule has 3 N–H and O–H groups in total. The Bertz CT molecular complexity index is 477. The van der Waals surface area contributed by atoms with E-state index in [1.54, 1.807) is 0 Å². The molecule has 0 bridgehead atoms. The van der Waals surface area contributed by atoms with Gasteiger partial charge in [-0.3, -0.25) is 5.32 Å². The van der Waals surface area contributed by atoms with Crippen LogP contribution >= 0.6 is 0 Å². The molecule has 0 aromatic heterocycles. The number of rotatable bonds is 4. The van der Waals surface area contributed by atoms with Crippen LogP contribution in [0.3, 0.4) is 0 Å². The molecule has 5 nitrogen and oxygen atoms in total. The lowest BCUT2D eigenvalue weighted by Crippen LogP contribution is -2.30. The van der Waals surface area contributed by atoms with E-state index in [1.165, 1.54) is 12.8 Å². The number of ether oxygens (including phenoxy) is 1. The number of benzene rings is 1. The van der Waals surface area contributed by atoms with Crippen LogP contribution < -0.4 is 16.0 Å². The molecule has 0 saturated carbocycles. The van der Waals surface area contributed by atoms with E-state index < -0.39 is 11.7 Å². The largest absolute Gasteiger partial charge is 0.444 e. The Hall–Kier alpha value is -1.75. The predicted molar refractivity (Wildman–Crippen MR) is 85.8 cm³/mol. The smallest absolute Gasteiger partial charge is 0.412 e. The van der Waals surface area contributed by atoms with Gasteiger partial charge in [0.25, 0.3) is 0 Å². The van der Waals surface area contributed by atoms with Crippen molar-refractivity contribution in [2.24, 2.45) is 0 Å². The van der Waals surface area contributed by atoms with Gasteiger partial charge in [-0.05, 0) is 52.3 Å². The summed E-state index contributed by atoms with van der Waals surface area (Å²) in [6, 6.07) is 8.17. The number of nitrogens with one attached hydrogen (secondary N) is 3. The molecule has 1 aliphatic heterocycles. The molecule has 1 aromatic carbocycles. The van der Waals surface area contributed by atoms with E-state index in [1.807, 2.05) is 45.0 Å². The highest BCUT2D eigenvalue weighted by atomic mass is 16.6. The Morgan fingerprint density at radius 1 is 1.33 bits per heavy atom. The monoisotopic (exact) mass is 291 g/mol. The third kappa shape index (κ3) is 5.27. The molecule has 1 saturated heterocycles. The standard InChI is InChI=1S/C16H25N3O2/c1-16(2,3)21-15(20)19-14-9-5-4-8-13(14)18-11-12-7-6-10-17-12/h4-5,8-9,12,17-18H,6-7,10-11H2,1-3H3,(H,19,20). The quantitative estimate of drug-likeness (QED) is 0.797. The summed E-state index contributed by atoms with van der Waals surface area (Å²) in [5, 5.41) is 9.63. The maximum Gasteiger partial charge on any atom is 0.412 e. The molecule has 1 heterocycles. The highest BCUT2D eigenvalue weighted by Gasteiger charge is 2.18. The summed E-state index contributed by atoms with van der Waals surface area (Å²) in [7, 11) is 0. The fraction of sp³-hybridized carbons (Fsp3) is 0.562. The molecule has 1 amide bonds. The fourth-order valence-corrected chi connectivity index (χ4v) is 2.32. The van der Waals surface area contributed by atoms with Gasteiger partial charge in [0.05, 0.1) is 11.4 Å². The third-order valence-corrected chi connectivity index (χ3v) is 3.26. The number of hydrogen-bond acceptors (Lipinski definition) is 4. The minimum atomic E-state index is -0.500. The first-order valence-electron chi connectivity index (χ1n) is 7.50. The highest BCUT2D eigenvalue weighted by Crippen LogP contribution is 2.22. The van der Waals surface area contributed by atoms with E-state index >= 15 is 0 Å². The second-order valence-corrected chi connectivity index (χ2v) is 6.35. The number of para-hydroxylation sites is 2. The van der Waals surface area contributed by atoms with Crippen molar-refractivity contribution in [3.63, 3.8) is 0 Å². The van der Waals surface area contributed by atoms with Gasteiger partial charge >= 0.3 is 6.09 Å². The number of anilines is 2. The summed E-state index contributed by atoms with van der Waals surface area (Å²) < 4.78 is 5.28. The van der Waals surface area contributed by atoms with Gasteiger partial charge in [-0.15, -0.1) is 0 Å². The van der Waals surface area contributed by atoms with Gasteiger partial charge in [0, 0.05) is 12.6 Å². The zero-order valence-electron chi connectivity index (χ0n) is 13.0. The van der Waals surface area contributed by atoms with Gasteiger partial charge < -0.3 is 15.4 Å². The molecular weight excluding hydrogens is 266 g/mol. The van der Waals surface area contributed by atoms with E-state index in [4.69, 9.17) is 4.74 Å². The summed E-state index contributed by atoms with van der Waals surface area (Å²) in [6.07, 6.45) is 1.98. The molecule has 0 spiro atoms. The lowest BCUT2D eigenvalue weighted by Gasteiger charge is -2.21. The van der Waals surface area contributed by atoms with Crippen LogP contribution in [0, 0.1) is 0 Å². The second-order valence-electron chi connectivity index (χ2n) is 6.35. The summed E-state index contributed by atoms with van der Waals surface area (Å²) in [4.78, 5) is 11.9. The Balaban J connectivity index is 1.94. The van der Waals surface area contributed by atoms with E-state index in [-0.39, 0.29) is 0 Å². The van der Waals surface area contributed by atoms with Crippen LogP contribution in [0.15, 0.2) is 24.3 Å². The topological polar surface area (TPSA) is 62.4 Å². The van der Waals surface area contributed by atoms with Crippen LogP contribution in [-0.2, 0) is 4.74 Å². The number of amides is 1. The van der Waals surface area contributed by atoms with Crippen molar-refractivity contribution in [1.82, 2.24) is 5.32 Å². The SMILES string of the molecule is CC(C)(C)OC(=O)Nc1ccccc1NCC1CCCN1. The minimum absolute atomic E-state index is 0.434. The van der Waals surface area contributed by atoms with Crippen LogP contribution in [0.5, 0.6) is 0 Å². The average Bonchev–Trinajstić information content (AvgIpc) is 2.88. The molecule has 1 atom stereocenters. The maximum atomic E-state index is 11.9. The molecule has 2 rings (SSSR count). The van der Waals surface area contributed by atoms with Gasteiger partial charge in [-0.1, -0.05) is 12.1 Å². The first-order valence-corrected chi connectivity index (χ1v) is 7.50. The van der Waals surface area contributed by atoms with Gasteiger partial charge in [-0.2, -0.15) is 0 Å². The Labute approximate surface area is 126 Å². The molecule has 21 heavy (non-hydrogen) atoms. The first kappa shape index (κ1) is 15.6. The van der Waals surface area contributed by atoms with Crippen LogP contribution in [-0.4, -0.2) is 30.8 Å². The Morgan fingerprint density at radius 2 is 2.05 bits per heavy atom. The van der Waals surface area contributed by atoms with Crippen LogP contribution in [0.1, 0.15) is 33.6 Å². The van der Waals surface area contributed by atoms with Crippen molar-refractivity contribution < 1.29 is 9.53 Å². The lowest BCUT2D eigenvalue weighted by atomic mass is 10.2. The number of carbonyl (C=O) groups is 1. The Kier molecular flexibility index (Phi) is 5.07. The zero-order chi connectivity index (χ0) is 15.3. The number of hydrogen-bond donors (Lipinski definition) is 3. The van der Waals surface area contributed by atoms with E-state index in [9.17, 15) is 4.79 Å². The predicted octanol–water partition coefficient (Wildman–Crippen LogP) is 3.20. The molecular formula is C16H25N3O2. The Morgan fingerprint density at radius 3 is 2.67 bits per heavy atom. The summed E-state index contributed by atoms with van der Waals surface area (Å²) in [5.41, 5.74) is 1.15.